The lowest BCUT2D eigenvalue weighted by molar-refractivity contribution is -0.121. The Morgan fingerprint density at radius 1 is 1.00 bits per heavy atom. The first-order valence-corrected chi connectivity index (χ1v) is 10.4. The second-order valence-corrected chi connectivity index (χ2v) is 7.77. The Kier molecular flexibility index (Phi) is 6.26. The summed E-state index contributed by atoms with van der Waals surface area (Å²) >= 11 is 0. The first-order valence-electron chi connectivity index (χ1n) is 10.4. The van der Waals surface area contributed by atoms with Crippen molar-refractivity contribution in [3.05, 3.63) is 95.2 Å². The number of hydrogen-bond acceptors (Lipinski definition) is 4. The molecule has 1 aliphatic heterocycles. The van der Waals surface area contributed by atoms with Gasteiger partial charge in [-0.2, -0.15) is 0 Å². The van der Waals surface area contributed by atoms with Gasteiger partial charge >= 0.3 is 0 Å². The average Bonchev–Trinajstić information content (AvgIpc) is 2.83. The van der Waals surface area contributed by atoms with Crippen molar-refractivity contribution in [2.24, 2.45) is 0 Å². The molecule has 0 saturated carbocycles. The van der Waals surface area contributed by atoms with Gasteiger partial charge in [-0.3, -0.25) is 9.59 Å². The number of carbonyl (C=O) groups is 2. The predicted octanol–water partition coefficient (Wildman–Crippen LogP) is 3.03. The molecule has 158 valence electrons. The number of amides is 2. The Bertz CT molecular complexity index is 1050. The molecule has 6 nitrogen and oxygen atoms in total. The maximum absolute atomic E-state index is 12.4. The van der Waals surface area contributed by atoms with E-state index >= 15 is 0 Å². The summed E-state index contributed by atoms with van der Waals surface area (Å²) in [6.45, 7) is 2.19. The minimum atomic E-state index is -0.205. The number of anilines is 1. The number of rotatable bonds is 6. The van der Waals surface area contributed by atoms with E-state index in [1.54, 1.807) is 37.5 Å². The lowest BCUT2D eigenvalue weighted by atomic mass is 10.00. The van der Waals surface area contributed by atoms with Crippen LogP contribution in [0.3, 0.4) is 0 Å². The van der Waals surface area contributed by atoms with Crippen molar-refractivity contribution in [3.8, 4) is 0 Å². The Morgan fingerprint density at radius 3 is 2.48 bits per heavy atom. The smallest absolute Gasteiger partial charge is 0.254 e. The SMILES string of the molecule is CN(CC(=O)NCc1ccc(N2CCc3ccccc3C2)nc1)C(=O)c1ccccc1. The van der Waals surface area contributed by atoms with Crippen molar-refractivity contribution in [1.29, 1.82) is 0 Å². The highest BCUT2D eigenvalue weighted by molar-refractivity contribution is 5.96. The van der Waals surface area contributed by atoms with E-state index in [4.69, 9.17) is 0 Å². The second-order valence-electron chi connectivity index (χ2n) is 7.77. The number of carbonyl (C=O) groups excluding carboxylic acids is 2. The monoisotopic (exact) mass is 414 g/mol. The highest BCUT2D eigenvalue weighted by Gasteiger charge is 2.17. The summed E-state index contributed by atoms with van der Waals surface area (Å²) in [5.41, 5.74) is 4.25. The van der Waals surface area contributed by atoms with Crippen LogP contribution < -0.4 is 10.2 Å². The number of nitrogens with zero attached hydrogens (tertiary/aromatic N) is 3. The molecule has 2 heterocycles. The zero-order chi connectivity index (χ0) is 21.6. The van der Waals surface area contributed by atoms with Crippen molar-refractivity contribution in [3.63, 3.8) is 0 Å². The molecular weight excluding hydrogens is 388 g/mol. The van der Waals surface area contributed by atoms with Crippen LogP contribution in [0.1, 0.15) is 27.0 Å². The first-order chi connectivity index (χ1) is 15.1. The molecule has 31 heavy (non-hydrogen) atoms. The van der Waals surface area contributed by atoms with Crippen molar-refractivity contribution in [2.45, 2.75) is 19.5 Å². The molecule has 0 aliphatic carbocycles. The van der Waals surface area contributed by atoms with E-state index in [0.29, 0.717) is 12.1 Å². The number of nitrogens with one attached hydrogen (secondary N) is 1. The molecular formula is C25H26N4O2. The number of hydrogen-bond donors (Lipinski definition) is 1. The van der Waals surface area contributed by atoms with Crippen molar-refractivity contribution < 1.29 is 9.59 Å². The van der Waals surface area contributed by atoms with Crippen LogP contribution in [0.15, 0.2) is 72.9 Å². The van der Waals surface area contributed by atoms with Crippen molar-refractivity contribution >= 4 is 17.6 Å². The normalized spacial score (nSPS) is 12.7. The maximum Gasteiger partial charge on any atom is 0.254 e. The molecule has 1 aliphatic rings. The zero-order valence-corrected chi connectivity index (χ0v) is 17.6. The van der Waals surface area contributed by atoms with E-state index in [9.17, 15) is 9.59 Å². The summed E-state index contributed by atoms with van der Waals surface area (Å²) in [6.07, 6.45) is 2.82. The Hall–Kier alpha value is -3.67. The molecule has 1 N–H and O–H groups in total. The largest absolute Gasteiger partial charge is 0.352 e. The van der Waals surface area contributed by atoms with Crippen LogP contribution in [0.2, 0.25) is 0 Å². The van der Waals surface area contributed by atoms with Gasteiger partial charge in [0.2, 0.25) is 5.91 Å². The summed E-state index contributed by atoms with van der Waals surface area (Å²) in [5.74, 6) is 0.561. The summed E-state index contributed by atoms with van der Waals surface area (Å²) in [6, 6.07) is 21.5. The molecule has 2 amide bonds. The van der Waals surface area contributed by atoms with Gasteiger partial charge in [-0.15, -0.1) is 0 Å². The van der Waals surface area contributed by atoms with Crippen LogP contribution in [-0.2, 0) is 24.3 Å². The van der Waals surface area contributed by atoms with E-state index in [2.05, 4.69) is 39.5 Å². The second kappa shape index (κ2) is 9.43. The number of likely N-dealkylation sites (N-methyl/N-ethyl adjacent to an activating group) is 1. The quantitative estimate of drug-likeness (QED) is 0.673. The Morgan fingerprint density at radius 2 is 1.74 bits per heavy atom. The summed E-state index contributed by atoms with van der Waals surface area (Å²) in [7, 11) is 1.63. The van der Waals surface area contributed by atoms with Gasteiger partial charge in [0, 0.05) is 38.4 Å². The van der Waals surface area contributed by atoms with Gasteiger partial charge in [0.25, 0.3) is 5.91 Å². The third-order valence-electron chi connectivity index (χ3n) is 5.50. The van der Waals surface area contributed by atoms with Gasteiger partial charge in [0.15, 0.2) is 0 Å². The maximum atomic E-state index is 12.4. The molecule has 4 rings (SSSR count). The first kappa shape index (κ1) is 20.6. The molecule has 0 bridgehead atoms. The fraction of sp³-hybridized carbons (Fsp3) is 0.240. The van der Waals surface area contributed by atoms with Crippen LogP contribution in [0.5, 0.6) is 0 Å². The minimum absolute atomic E-state index is 0.00638. The lowest BCUT2D eigenvalue weighted by Crippen LogP contribution is -2.38. The molecule has 2 aromatic carbocycles. The molecule has 3 aromatic rings. The topological polar surface area (TPSA) is 65.5 Å². The van der Waals surface area contributed by atoms with Gasteiger partial charge in [-0.05, 0) is 41.3 Å². The molecule has 1 aromatic heterocycles. The fourth-order valence-electron chi connectivity index (χ4n) is 3.74. The fourth-order valence-corrected chi connectivity index (χ4v) is 3.74. The lowest BCUT2D eigenvalue weighted by Gasteiger charge is -2.29. The van der Waals surface area contributed by atoms with Gasteiger partial charge in [0.05, 0.1) is 6.54 Å². The van der Waals surface area contributed by atoms with Gasteiger partial charge in [0.1, 0.15) is 5.82 Å². The minimum Gasteiger partial charge on any atom is -0.352 e. The van der Waals surface area contributed by atoms with Crippen molar-refractivity contribution in [2.75, 3.05) is 25.0 Å². The number of aromatic nitrogens is 1. The van der Waals surface area contributed by atoms with Crippen molar-refractivity contribution in [1.82, 2.24) is 15.2 Å². The molecule has 6 heteroatoms. The number of pyridine rings is 1. The summed E-state index contributed by atoms with van der Waals surface area (Å²) < 4.78 is 0. The Balaban J connectivity index is 1.28. The Labute approximate surface area is 182 Å². The third kappa shape index (κ3) is 5.09. The predicted molar refractivity (Wildman–Crippen MR) is 121 cm³/mol. The molecule has 0 spiro atoms. The average molecular weight is 415 g/mol. The van der Waals surface area contributed by atoms with Crippen LogP contribution in [-0.4, -0.2) is 41.8 Å². The highest BCUT2D eigenvalue weighted by Crippen LogP contribution is 2.22. The zero-order valence-electron chi connectivity index (χ0n) is 17.6. The molecule has 0 unspecified atom stereocenters. The van der Waals surface area contributed by atoms with E-state index in [1.807, 2.05) is 18.2 Å². The van der Waals surface area contributed by atoms with E-state index in [1.165, 1.54) is 16.0 Å². The summed E-state index contributed by atoms with van der Waals surface area (Å²) in [4.78, 5) is 32.9. The van der Waals surface area contributed by atoms with Crippen LogP contribution in [0.25, 0.3) is 0 Å². The molecule has 0 radical (unpaired) electrons. The molecule has 0 atom stereocenters. The standard InChI is InChI=1S/C25H26N4O2/c1-28(25(31)21-8-3-2-4-9-21)18-24(30)27-16-19-11-12-23(26-15-19)29-14-13-20-7-5-6-10-22(20)17-29/h2-12,15H,13-14,16-18H2,1H3,(H,27,30). The number of fused-ring (bicyclic) bond motifs is 1. The van der Waals surface area contributed by atoms with Gasteiger partial charge < -0.3 is 15.1 Å². The van der Waals surface area contributed by atoms with Crippen LogP contribution in [0, 0.1) is 0 Å². The van der Waals surface area contributed by atoms with Gasteiger partial charge in [-0.25, -0.2) is 4.98 Å². The van der Waals surface area contributed by atoms with E-state index < -0.39 is 0 Å². The highest BCUT2D eigenvalue weighted by atomic mass is 16.2. The molecule has 0 saturated heterocycles. The van der Waals surface area contributed by atoms with E-state index in [0.717, 1.165) is 30.9 Å². The van der Waals surface area contributed by atoms with Gasteiger partial charge in [-0.1, -0.05) is 48.5 Å². The number of benzene rings is 2. The van der Waals surface area contributed by atoms with E-state index in [-0.39, 0.29) is 18.4 Å². The van der Waals surface area contributed by atoms with Crippen LogP contribution in [0.4, 0.5) is 5.82 Å². The third-order valence-corrected chi connectivity index (χ3v) is 5.50. The summed E-state index contributed by atoms with van der Waals surface area (Å²) in [5, 5.41) is 2.86. The molecule has 0 fully saturated rings. The van der Waals surface area contributed by atoms with Crippen LogP contribution >= 0.6 is 0 Å².